The molecule has 1 amide bonds. The van der Waals surface area contributed by atoms with Crippen molar-refractivity contribution < 1.29 is 9.53 Å². The number of aryl methyl sites for hydroxylation is 1. The third kappa shape index (κ3) is 5.37. The number of rotatable bonds is 6. The van der Waals surface area contributed by atoms with Gasteiger partial charge in [0.1, 0.15) is 6.61 Å². The topological polar surface area (TPSA) is 38.3 Å². The summed E-state index contributed by atoms with van der Waals surface area (Å²) in [6.07, 6.45) is 2.36. The van der Waals surface area contributed by atoms with Crippen LogP contribution < -0.4 is 5.32 Å². The molecule has 3 aromatic carbocycles. The smallest absolute Gasteiger partial charge is 0.407 e. The van der Waals surface area contributed by atoms with Crippen LogP contribution in [0.4, 0.5) is 4.79 Å². The van der Waals surface area contributed by atoms with Gasteiger partial charge in [0, 0.05) is 18.5 Å². The minimum Gasteiger partial charge on any atom is -0.445 e. The molecule has 0 unspecified atom stereocenters. The number of hydrogen-bond donors (Lipinski definition) is 1. The summed E-state index contributed by atoms with van der Waals surface area (Å²) in [5.74, 6) is 6.40. The molecule has 0 radical (unpaired) electrons. The predicted octanol–water partition coefficient (Wildman–Crippen LogP) is 5.46. The quantitative estimate of drug-likeness (QED) is 0.461. The molecule has 0 atom stereocenters. The van der Waals surface area contributed by atoms with Gasteiger partial charge in [-0.15, -0.1) is 0 Å². The first kappa shape index (κ1) is 19.5. The van der Waals surface area contributed by atoms with Gasteiger partial charge < -0.3 is 10.1 Å². The van der Waals surface area contributed by atoms with Gasteiger partial charge in [-0.25, -0.2) is 4.79 Å². The van der Waals surface area contributed by atoms with Gasteiger partial charge in [0.2, 0.25) is 0 Å². The maximum atomic E-state index is 11.7. The summed E-state index contributed by atoms with van der Waals surface area (Å²) in [5.41, 5.74) is 3.37. The van der Waals surface area contributed by atoms with Crippen LogP contribution in [-0.2, 0) is 17.8 Å². The molecule has 0 spiro atoms. The van der Waals surface area contributed by atoms with Gasteiger partial charge in [-0.3, -0.25) is 0 Å². The van der Waals surface area contributed by atoms with Crippen molar-refractivity contribution >= 4 is 16.9 Å². The molecule has 0 fully saturated rings. The highest BCUT2D eigenvalue weighted by Gasteiger charge is 2.04. The van der Waals surface area contributed by atoms with Crippen molar-refractivity contribution in [3.63, 3.8) is 0 Å². The molecule has 0 aliphatic carbocycles. The Balaban J connectivity index is 1.52. The van der Waals surface area contributed by atoms with Crippen LogP contribution in [0.5, 0.6) is 0 Å². The van der Waals surface area contributed by atoms with Crippen LogP contribution in [0.25, 0.3) is 10.8 Å². The lowest BCUT2D eigenvalue weighted by Crippen LogP contribution is -2.24. The van der Waals surface area contributed by atoms with Crippen molar-refractivity contribution in [2.75, 3.05) is 6.54 Å². The maximum absolute atomic E-state index is 11.7. The van der Waals surface area contributed by atoms with Gasteiger partial charge in [-0.1, -0.05) is 85.8 Å². The average Bonchev–Trinajstić information content (AvgIpc) is 2.74. The number of hydrogen-bond acceptors (Lipinski definition) is 2. The fraction of sp³-hybridized carbons (Fsp3) is 0.240. The van der Waals surface area contributed by atoms with E-state index in [4.69, 9.17) is 4.74 Å². The number of benzene rings is 3. The molecule has 0 heterocycles. The maximum Gasteiger partial charge on any atom is 0.407 e. The lowest BCUT2D eigenvalue weighted by Gasteiger charge is -2.07. The molecular formula is C25H25NO2. The summed E-state index contributed by atoms with van der Waals surface area (Å²) in [4.78, 5) is 11.7. The standard InChI is InChI=1S/C25H25NO2/c1-2-10-21-16-17-22(24-15-7-6-14-23(21)24)13-8-9-18-26-25(27)28-19-20-11-4-3-5-12-20/h3-7,11-12,14-17H,2,9-10,18-19H2,1H3,(H,26,27). The molecule has 142 valence electrons. The van der Waals surface area contributed by atoms with E-state index in [1.807, 2.05) is 36.4 Å². The normalized spacial score (nSPS) is 10.2. The Kier molecular flexibility index (Phi) is 7.09. The van der Waals surface area contributed by atoms with E-state index in [9.17, 15) is 4.79 Å². The van der Waals surface area contributed by atoms with Crippen LogP contribution in [-0.4, -0.2) is 12.6 Å². The number of carbonyl (C=O) groups excluding carboxylic acids is 1. The molecule has 0 bridgehead atoms. The second-order valence-electron chi connectivity index (χ2n) is 6.61. The molecule has 3 nitrogen and oxygen atoms in total. The van der Waals surface area contributed by atoms with Gasteiger partial charge in [0.15, 0.2) is 0 Å². The van der Waals surface area contributed by atoms with Gasteiger partial charge in [0.05, 0.1) is 0 Å². The summed E-state index contributed by atoms with van der Waals surface area (Å²) in [7, 11) is 0. The number of amides is 1. The number of carbonyl (C=O) groups is 1. The second-order valence-corrected chi connectivity index (χ2v) is 6.61. The summed E-state index contributed by atoms with van der Waals surface area (Å²) >= 11 is 0. The first-order chi connectivity index (χ1) is 13.8. The summed E-state index contributed by atoms with van der Waals surface area (Å²) in [5, 5.41) is 5.21. The van der Waals surface area contributed by atoms with Crippen LogP contribution >= 0.6 is 0 Å². The van der Waals surface area contributed by atoms with Crippen LogP contribution in [0.3, 0.4) is 0 Å². The number of alkyl carbamates (subject to hydrolysis) is 1. The Morgan fingerprint density at radius 3 is 2.50 bits per heavy atom. The Labute approximate surface area is 166 Å². The van der Waals surface area contributed by atoms with Crippen LogP contribution in [0.2, 0.25) is 0 Å². The van der Waals surface area contributed by atoms with E-state index in [0.29, 0.717) is 13.0 Å². The van der Waals surface area contributed by atoms with E-state index in [1.54, 1.807) is 0 Å². The van der Waals surface area contributed by atoms with Gasteiger partial charge in [0.25, 0.3) is 0 Å². The van der Waals surface area contributed by atoms with Crippen molar-refractivity contribution in [2.45, 2.75) is 32.8 Å². The largest absolute Gasteiger partial charge is 0.445 e. The highest BCUT2D eigenvalue weighted by atomic mass is 16.5. The van der Waals surface area contributed by atoms with E-state index in [0.717, 1.165) is 24.0 Å². The van der Waals surface area contributed by atoms with Crippen LogP contribution in [0, 0.1) is 11.8 Å². The molecule has 0 saturated carbocycles. The Bertz CT molecular complexity index is 984. The Hall–Kier alpha value is -3.25. The second kappa shape index (κ2) is 10.2. The number of nitrogens with one attached hydrogen (secondary N) is 1. The van der Waals surface area contributed by atoms with E-state index >= 15 is 0 Å². The van der Waals surface area contributed by atoms with Crippen molar-refractivity contribution in [3.05, 3.63) is 83.4 Å². The van der Waals surface area contributed by atoms with Gasteiger partial charge >= 0.3 is 6.09 Å². The van der Waals surface area contributed by atoms with E-state index in [2.05, 4.69) is 54.4 Å². The zero-order chi connectivity index (χ0) is 19.6. The summed E-state index contributed by atoms with van der Waals surface area (Å²) in [6, 6.07) is 22.3. The predicted molar refractivity (Wildman–Crippen MR) is 114 cm³/mol. The molecular weight excluding hydrogens is 346 g/mol. The van der Waals surface area contributed by atoms with Gasteiger partial charge in [-0.2, -0.15) is 0 Å². The minimum atomic E-state index is -0.417. The third-order valence-electron chi connectivity index (χ3n) is 4.49. The third-order valence-corrected chi connectivity index (χ3v) is 4.49. The Morgan fingerprint density at radius 1 is 0.964 bits per heavy atom. The molecule has 0 aliphatic rings. The highest BCUT2D eigenvalue weighted by molar-refractivity contribution is 5.90. The molecule has 1 N–H and O–H groups in total. The highest BCUT2D eigenvalue weighted by Crippen LogP contribution is 2.23. The summed E-state index contributed by atoms with van der Waals surface area (Å²) in [6.45, 7) is 2.93. The molecule has 0 saturated heterocycles. The minimum absolute atomic E-state index is 0.272. The molecule has 0 aliphatic heterocycles. The lowest BCUT2D eigenvalue weighted by atomic mass is 9.97. The molecule has 0 aromatic heterocycles. The zero-order valence-electron chi connectivity index (χ0n) is 16.2. The molecule has 3 rings (SSSR count). The fourth-order valence-electron chi connectivity index (χ4n) is 3.12. The van der Waals surface area contributed by atoms with Gasteiger partial charge in [-0.05, 0) is 34.4 Å². The Morgan fingerprint density at radius 2 is 1.71 bits per heavy atom. The molecule has 3 aromatic rings. The van der Waals surface area contributed by atoms with Crippen molar-refractivity contribution in [1.82, 2.24) is 5.32 Å². The monoisotopic (exact) mass is 371 g/mol. The van der Waals surface area contributed by atoms with E-state index in [1.165, 1.54) is 16.3 Å². The number of ether oxygens (including phenoxy) is 1. The van der Waals surface area contributed by atoms with Crippen molar-refractivity contribution in [3.8, 4) is 11.8 Å². The first-order valence-corrected chi connectivity index (χ1v) is 9.72. The van der Waals surface area contributed by atoms with E-state index in [-0.39, 0.29) is 6.61 Å². The van der Waals surface area contributed by atoms with Crippen LogP contribution in [0.15, 0.2) is 66.7 Å². The zero-order valence-corrected chi connectivity index (χ0v) is 16.2. The average molecular weight is 371 g/mol. The first-order valence-electron chi connectivity index (χ1n) is 9.72. The SMILES string of the molecule is CCCc1ccc(C#CCCNC(=O)OCc2ccccc2)c2ccccc12. The van der Waals surface area contributed by atoms with Crippen LogP contribution in [0.1, 0.15) is 36.5 Å². The summed E-state index contributed by atoms with van der Waals surface area (Å²) < 4.78 is 5.19. The van der Waals surface area contributed by atoms with Crippen molar-refractivity contribution in [2.24, 2.45) is 0 Å². The van der Waals surface area contributed by atoms with Crippen molar-refractivity contribution in [1.29, 1.82) is 0 Å². The number of fused-ring (bicyclic) bond motifs is 1. The lowest BCUT2D eigenvalue weighted by molar-refractivity contribution is 0.140. The fourth-order valence-corrected chi connectivity index (χ4v) is 3.12. The molecule has 3 heteroatoms. The van der Waals surface area contributed by atoms with E-state index < -0.39 is 6.09 Å². The molecule has 28 heavy (non-hydrogen) atoms.